The van der Waals surface area contributed by atoms with Crippen LogP contribution < -0.4 is 5.32 Å². The first-order valence-corrected chi connectivity index (χ1v) is 8.64. The molecule has 3 rings (SSSR count). The Labute approximate surface area is 135 Å². The van der Waals surface area contributed by atoms with Gasteiger partial charge in [0.1, 0.15) is 0 Å². The van der Waals surface area contributed by atoms with Crippen LogP contribution in [0.25, 0.3) is 10.8 Å². The first kappa shape index (κ1) is 15.0. The summed E-state index contributed by atoms with van der Waals surface area (Å²) >= 11 is 3.53. The van der Waals surface area contributed by atoms with Crippen molar-refractivity contribution in [3.63, 3.8) is 0 Å². The average molecular weight is 347 g/mol. The van der Waals surface area contributed by atoms with Gasteiger partial charge in [0.2, 0.25) is 0 Å². The molecule has 0 saturated carbocycles. The monoisotopic (exact) mass is 346 g/mol. The lowest BCUT2D eigenvalue weighted by atomic mass is 10.1. The quantitative estimate of drug-likeness (QED) is 0.873. The Kier molecular flexibility index (Phi) is 4.94. The normalized spacial score (nSPS) is 17.4. The molecule has 1 aliphatic heterocycles. The molecule has 0 aliphatic carbocycles. The van der Waals surface area contributed by atoms with E-state index in [4.69, 9.17) is 0 Å². The van der Waals surface area contributed by atoms with Crippen molar-refractivity contribution in [3.8, 4) is 0 Å². The Bertz CT molecular complexity index is 605. The molecule has 0 amide bonds. The van der Waals surface area contributed by atoms with E-state index in [1.54, 1.807) is 0 Å². The van der Waals surface area contributed by atoms with Crippen LogP contribution in [0.15, 0.2) is 40.9 Å². The number of nitrogens with zero attached hydrogens (tertiary/aromatic N) is 1. The molecule has 1 N–H and O–H groups in total. The Morgan fingerprint density at radius 2 is 1.81 bits per heavy atom. The third-order valence-electron chi connectivity index (χ3n) is 4.25. The molecule has 2 aromatic rings. The smallest absolute Gasteiger partial charge is 0.0208 e. The summed E-state index contributed by atoms with van der Waals surface area (Å²) in [5.74, 6) is 0. The highest BCUT2D eigenvalue weighted by Crippen LogP contribution is 2.21. The summed E-state index contributed by atoms with van der Waals surface area (Å²) in [5, 5.41) is 6.25. The van der Waals surface area contributed by atoms with E-state index in [0.717, 1.165) is 11.0 Å². The van der Waals surface area contributed by atoms with Gasteiger partial charge in [0.25, 0.3) is 0 Å². The van der Waals surface area contributed by atoms with Crippen LogP contribution in [-0.2, 0) is 6.54 Å². The zero-order valence-electron chi connectivity index (χ0n) is 12.6. The van der Waals surface area contributed by atoms with E-state index in [1.807, 2.05) is 0 Å². The van der Waals surface area contributed by atoms with Gasteiger partial charge in [-0.15, -0.1) is 0 Å². The summed E-state index contributed by atoms with van der Waals surface area (Å²) in [4.78, 5) is 2.57. The Morgan fingerprint density at radius 3 is 2.62 bits per heavy atom. The lowest BCUT2D eigenvalue weighted by Crippen LogP contribution is -2.37. The fourth-order valence-corrected chi connectivity index (χ4v) is 3.46. The van der Waals surface area contributed by atoms with Gasteiger partial charge in [-0.25, -0.2) is 0 Å². The van der Waals surface area contributed by atoms with Crippen molar-refractivity contribution in [2.45, 2.75) is 32.4 Å². The molecule has 2 nitrogen and oxygen atoms in total. The van der Waals surface area contributed by atoms with E-state index in [2.05, 4.69) is 69.5 Å². The predicted molar refractivity (Wildman–Crippen MR) is 93.6 cm³/mol. The van der Waals surface area contributed by atoms with E-state index in [0.29, 0.717) is 6.04 Å². The van der Waals surface area contributed by atoms with Gasteiger partial charge in [-0.2, -0.15) is 0 Å². The lowest BCUT2D eigenvalue weighted by Gasteiger charge is -2.21. The van der Waals surface area contributed by atoms with Gasteiger partial charge in [-0.3, -0.25) is 0 Å². The zero-order valence-corrected chi connectivity index (χ0v) is 14.2. The second-order valence-corrected chi connectivity index (χ2v) is 7.03. The first-order chi connectivity index (χ1) is 10.2. The van der Waals surface area contributed by atoms with Crippen LogP contribution in [0.3, 0.4) is 0 Å². The van der Waals surface area contributed by atoms with Gasteiger partial charge in [0.05, 0.1) is 0 Å². The van der Waals surface area contributed by atoms with Crippen LogP contribution in [-0.4, -0.2) is 30.6 Å². The number of hydrogen-bond acceptors (Lipinski definition) is 2. The fourth-order valence-electron chi connectivity index (χ4n) is 3.09. The van der Waals surface area contributed by atoms with Gasteiger partial charge in [0.15, 0.2) is 0 Å². The summed E-state index contributed by atoms with van der Waals surface area (Å²) in [5.41, 5.74) is 1.36. The summed E-state index contributed by atoms with van der Waals surface area (Å²) in [6, 6.07) is 13.7. The molecule has 3 heteroatoms. The van der Waals surface area contributed by atoms with Crippen molar-refractivity contribution >= 4 is 26.7 Å². The molecule has 0 radical (unpaired) electrons. The number of likely N-dealkylation sites (tertiary alicyclic amines) is 1. The Balaban J connectivity index is 1.58. The average Bonchev–Trinajstić information content (AvgIpc) is 2.98. The highest BCUT2D eigenvalue weighted by molar-refractivity contribution is 9.10. The minimum atomic E-state index is 0.545. The topological polar surface area (TPSA) is 15.3 Å². The van der Waals surface area contributed by atoms with Crippen molar-refractivity contribution < 1.29 is 0 Å². The van der Waals surface area contributed by atoms with Crippen molar-refractivity contribution in [2.24, 2.45) is 0 Å². The van der Waals surface area contributed by atoms with Crippen LogP contribution in [0.5, 0.6) is 0 Å². The van der Waals surface area contributed by atoms with E-state index in [-0.39, 0.29) is 0 Å². The van der Waals surface area contributed by atoms with Gasteiger partial charge in [-0.1, -0.05) is 34.1 Å². The van der Waals surface area contributed by atoms with Gasteiger partial charge in [0, 0.05) is 23.6 Å². The predicted octanol–water partition coefficient (Wildman–Crippen LogP) is 4.18. The second-order valence-electron chi connectivity index (χ2n) is 6.12. The number of hydrogen-bond donors (Lipinski definition) is 1. The highest BCUT2D eigenvalue weighted by Gasteiger charge is 2.14. The Hall–Kier alpha value is -0.900. The molecule has 1 aliphatic rings. The van der Waals surface area contributed by atoms with Gasteiger partial charge >= 0.3 is 0 Å². The molecular formula is C18H23BrN2. The number of rotatable bonds is 5. The third-order valence-corrected chi connectivity index (χ3v) is 4.75. The van der Waals surface area contributed by atoms with Gasteiger partial charge < -0.3 is 10.2 Å². The molecule has 1 fully saturated rings. The minimum absolute atomic E-state index is 0.545. The summed E-state index contributed by atoms with van der Waals surface area (Å²) < 4.78 is 1.14. The summed E-state index contributed by atoms with van der Waals surface area (Å²) in [6.45, 7) is 6.95. The molecular weight excluding hydrogens is 324 g/mol. The molecule has 1 atom stereocenters. The van der Waals surface area contributed by atoms with Crippen molar-refractivity contribution in [1.29, 1.82) is 0 Å². The number of halogens is 1. The number of nitrogens with one attached hydrogen (secondary N) is 1. The summed E-state index contributed by atoms with van der Waals surface area (Å²) in [6.07, 6.45) is 2.74. The van der Waals surface area contributed by atoms with Crippen LogP contribution in [0, 0.1) is 0 Å². The zero-order chi connectivity index (χ0) is 14.7. The van der Waals surface area contributed by atoms with E-state index < -0.39 is 0 Å². The molecule has 1 unspecified atom stereocenters. The van der Waals surface area contributed by atoms with Gasteiger partial charge in [-0.05, 0) is 67.4 Å². The standard InChI is InChI=1S/C18H23BrN2/c1-14(13-21-8-2-3-9-21)20-12-15-4-5-17-11-18(19)7-6-16(17)10-15/h4-7,10-11,14,20H,2-3,8-9,12-13H2,1H3. The van der Waals surface area contributed by atoms with Crippen molar-refractivity contribution in [1.82, 2.24) is 10.2 Å². The van der Waals surface area contributed by atoms with Crippen LogP contribution in [0.2, 0.25) is 0 Å². The SMILES string of the molecule is CC(CN1CCCC1)NCc1ccc2cc(Br)ccc2c1. The van der Waals surface area contributed by atoms with Crippen molar-refractivity contribution in [2.75, 3.05) is 19.6 Å². The molecule has 0 aromatic heterocycles. The maximum atomic E-state index is 3.65. The van der Waals surface area contributed by atoms with Crippen molar-refractivity contribution in [3.05, 3.63) is 46.4 Å². The maximum absolute atomic E-state index is 3.65. The molecule has 1 saturated heterocycles. The highest BCUT2D eigenvalue weighted by atomic mass is 79.9. The molecule has 2 aromatic carbocycles. The second kappa shape index (κ2) is 6.91. The maximum Gasteiger partial charge on any atom is 0.0208 e. The molecule has 1 heterocycles. The largest absolute Gasteiger partial charge is 0.309 e. The third kappa shape index (κ3) is 4.06. The minimum Gasteiger partial charge on any atom is -0.309 e. The summed E-state index contributed by atoms with van der Waals surface area (Å²) in [7, 11) is 0. The van der Waals surface area contributed by atoms with E-state index >= 15 is 0 Å². The molecule has 0 spiro atoms. The van der Waals surface area contributed by atoms with Crippen LogP contribution >= 0.6 is 15.9 Å². The van der Waals surface area contributed by atoms with Crippen LogP contribution in [0.1, 0.15) is 25.3 Å². The molecule has 21 heavy (non-hydrogen) atoms. The first-order valence-electron chi connectivity index (χ1n) is 7.85. The number of fused-ring (bicyclic) bond motifs is 1. The lowest BCUT2D eigenvalue weighted by molar-refractivity contribution is 0.298. The molecule has 0 bridgehead atoms. The van der Waals surface area contributed by atoms with E-state index in [9.17, 15) is 0 Å². The Morgan fingerprint density at radius 1 is 1.10 bits per heavy atom. The van der Waals surface area contributed by atoms with Crippen LogP contribution in [0.4, 0.5) is 0 Å². The number of benzene rings is 2. The molecule has 112 valence electrons. The fraction of sp³-hybridized carbons (Fsp3) is 0.444. The van der Waals surface area contributed by atoms with E-state index in [1.165, 1.54) is 48.8 Å².